The maximum Gasteiger partial charge on any atom is 0.194 e. The van der Waals surface area contributed by atoms with E-state index in [1.54, 1.807) is 13.1 Å². The molecule has 0 fully saturated rings. The number of benzene rings is 1. The van der Waals surface area contributed by atoms with E-state index in [9.17, 15) is 13.2 Å². The van der Waals surface area contributed by atoms with Crippen molar-refractivity contribution >= 4 is 5.82 Å². The van der Waals surface area contributed by atoms with Crippen LogP contribution < -0.4 is 5.32 Å². The third-order valence-electron chi connectivity index (χ3n) is 2.20. The summed E-state index contributed by atoms with van der Waals surface area (Å²) in [7, 11) is 1.67. The van der Waals surface area contributed by atoms with Crippen LogP contribution in [0.25, 0.3) is 11.3 Å². The molecular formula is C11H8F3N3. The second-order valence-electron chi connectivity index (χ2n) is 3.31. The van der Waals surface area contributed by atoms with E-state index < -0.39 is 17.5 Å². The van der Waals surface area contributed by atoms with Gasteiger partial charge in [-0.2, -0.15) is 0 Å². The summed E-state index contributed by atoms with van der Waals surface area (Å²) in [6.07, 6.45) is 0. The minimum absolute atomic E-state index is 0.136. The summed E-state index contributed by atoms with van der Waals surface area (Å²) in [5.74, 6) is -3.47. The van der Waals surface area contributed by atoms with Gasteiger partial charge in [-0.25, -0.2) is 13.2 Å². The molecule has 0 atom stereocenters. The molecule has 6 heteroatoms. The van der Waals surface area contributed by atoms with E-state index in [1.807, 2.05) is 0 Å². The van der Waals surface area contributed by atoms with Crippen LogP contribution in [0.1, 0.15) is 0 Å². The molecule has 1 N–H and O–H groups in total. The maximum absolute atomic E-state index is 13.0. The van der Waals surface area contributed by atoms with Crippen LogP contribution in [0.3, 0.4) is 0 Å². The topological polar surface area (TPSA) is 37.8 Å². The van der Waals surface area contributed by atoms with E-state index in [0.29, 0.717) is 5.82 Å². The minimum Gasteiger partial charge on any atom is -0.372 e. The fourth-order valence-corrected chi connectivity index (χ4v) is 1.32. The van der Waals surface area contributed by atoms with Gasteiger partial charge in [0.15, 0.2) is 17.5 Å². The number of aromatic nitrogens is 2. The van der Waals surface area contributed by atoms with Crippen LogP contribution in [-0.4, -0.2) is 17.2 Å². The monoisotopic (exact) mass is 239 g/mol. The molecule has 88 valence electrons. The Morgan fingerprint density at radius 2 is 1.65 bits per heavy atom. The summed E-state index contributed by atoms with van der Waals surface area (Å²) in [5, 5.41) is 10.3. The first-order chi connectivity index (χ1) is 8.11. The predicted molar refractivity (Wildman–Crippen MR) is 56.9 cm³/mol. The molecule has 0 spiro atoms. The third-order valence-corrected chi connectivity index (χ3v) is 2.20. The molecule has 2 aromatic rings. The highest BCUT2D eigenvalue weighted by Gasteiger charge is 2.12. The van der Waals surface area contributed by atoms with Gasteiger partial charge in [-0.15, -0.1) is 10.2 Å². The summed E-state index contributed by atoms with van der Waals surface area (Å²) in [5.41, 5.74) is 0.401. The molecule has 1 aromatic carbocycles. The molecule has 2 rings (SSSR count). The molecule has 0 amide bonds. The van der Waals surface area contributed by atoms with E-state index >= 15 is 0 Å². The SMILES string of the molecule is CNc1ccc(-c2cc(F)c(F)c(F)c2)nn1. The van der Waals surface area contributed by atoms with Crippen molar-refractivity contribution in [3.63, 3.8) is 0 Å². The van der Waals surface area contributed by atoms with E-state index in [4.69, 9.17) is 0 Å². The van der Waals surface area contributed by atoms with Crippen LogP contribution in [0.4, 0.5) is 19.0 Å². The maximum atomic E-state index is 13.0. The Kier molecular flexibility index (Phi) is 2.95. The number of nitrogens with zero attached hydrogens (tertiary/aromatic N) is 2. The molecular weight excluding hydrogens is 231 g/mol. The Bertz CT molecular complexity index is 517. The zero-order chi connectivity index (χ0) is 12.4. The first kappa shape index (κ1) is 11.4. The number of anilines is 1. The summed E-state index contributed by atoms with van der Waals surface area (Å²) < 4.78 is 38.7. The average molecular weight is 239 g/mol. The van der Waals surface area contributed by atoms with Gasteiger partial charge in [-0.1, -0.05) is 0 Å². The molecule has 17 heavy (non-hydrogen) atoms. The molecule has 0 bridgehead atoms. The smallest absolute Gasteiger partial charge is 0.194 e. The van der Waals surface area contributed by atoms with Crippen molar-refractivity contribution in [2.45, 2.75) is 0 Å². The van der Waals surface area contributed by atoms with Crippen molar-refractivity contribution in [3.8, 4) is 11.3 Å². The molecule has 0 aliphatic carbocycles. The van der Waals surface area contributed by atoms with Crippen LogP contribution >= 0.6 is 0 Å². The fraction of sp³-hybridized carbons (Fsp3) is 0.0909. The van der Waals surface area contributed by atoms with Gasteiger partial charge in [-0.05, 0) is 24.3 Å². The standard InChI is InChI=1S/C11H8F3N3/c1-15-10-3-2-9(16-17-10)6-4-7(12)11(14)8(13)5-6/h2-5H,1H3,(H,15,17). The molecule has 0 saturated carbocycles. The highest BCUT2D eigenvalue weighted by atomic mass is 19.2. The first-order valence-corrected chi connectivity index (χ1v) is 4.78. The van der Waals surface area contributed by atoms with Crippen LogP contribution in [0, 0.1) is 17.5 Å². The van der Waals surface area contributed by atoms with Crippen molar-refractivity contribution in [2.24, 2.45) is 0 Å². The number of hydrogen-bond donors (Lipinski definition) is 1. The van der Waals surface area contributed by atoms with E-state index in [1.165, 1.54) is 6.07 Å². The summed E-state index contributed by atoms with van der Waals surface area (Å²) in [6, 6.07) is 4.88. The highest BCUT2D eigenvalue weighted by Crippen LogP contribution is 2.22. The Hall–Kier alpha value is -2.11. The summed E-state index contributed by atoms with van der Waals surface area (Å²) >= 11 is 0. The van der Waals surface area contributed by atoms with Crippen molar-refractivity contribution in [1.29, 1.82) is 0 Å². The van der Waals surface area contributed by atoms with Crippen molar-refractivity contribution in [2.75, 3.05) is 12.4 Å². The number of halogens is 3. The second-order valence-corrected chi connectivity index (χ2v) is 3.31. The van der Waals surface area contributed by atoms with Crippen LogP contribution in [0.2, 0.25) is 0 Å². The molecule has 1 aromatic heterocycles. The molecule has 0 aliphatic rings. The van der Waals surface area contributed by atoms with Gasteiger partial charge in [0, 0.05) is 12.6 Å². The Morgan fingerprint density at radius 1 is 1.00 bits per heavy atom. The van der Waals surface area contributed by atoms with Gasteiger partial charge in [-0.3, -0.25) is 0 Å². The average Bonchev–Trinajstić information content (AvgIpc) is 2.35. The van der Waals surface area contributed by atoms with Gasteiger partial charge < -0.3 is 5.32 Å². The van der Waals surface area contributed by atoms with Gasteiger partial charge >= 0.3 is 0 Å². The van der Waals surface area contributed by atoms with Crippen LogP contribution in [-0.2, 0) is 0 Å². The fourth-order valence-electron chi connectivity index (χ4n) is 1.32. The lowest BCUT2D eigenvalue weighted by Crippen LogP contribution is -1.97. The van der Waals surface area contributed by atoms with Crippen LogP contribution in [0.15, 0.2) is 24.3 Å². The molecule has 0 aliphatic heterocycles. The quantitative estimate of drug-likeness (QED) is 0.818. The van der Waals surface area contributed by atoms with Gasteiger partial charge in [0.25, 0.3) is 0 Å². The summed E-state index contributed by atoms with van der Waals surface area (Å²) in [4.78, 5) is 0. The third kappa shape index (κ3) is 2.20. The predicted octanol–water partition coefficient (Wildman–Crippen LogP) is 2.60. The molecule has 0 saturated heterocycles. The second kappa shape index (κ2) is 4.40. The Labute approximate surface area is 95.3 Å². The molecule has 1 heterocycles. The minimum atomic E-state index is -1.49. The molecule has 0 radical (unpaired) electrons. The van der Waals surface area contributed by atoms with Gasteiger partial charge in [0.1, 0.15) is 5.82 Å². The lowest BCUT2D eigenvalue weighted by molar-refractivity contribution is 0.447. The number of hydrogen-bond acceptors (Lipinski definition) is 3. The first-order valence-electron chi connectivity index (χ1n) is 4.78. The number of nitrogens with one attached hydrogen (secondary N) is 1. The van der Waals surface area contributed by atoms with Gasteiger partial charge in [0.2, 0.25) is 0 Å². The normalized spacial score (nSPS) is 10.4. The Morgan fingerprint density at radius 3 is 2.12 bits per heavy atom. The lowest BCUT2D eigenvalue weighted by atomic mass is 10.1. The van der Waals surface area contributed by atoms with Crippen molar-refractivity contribution in [1.82, 2.24) is 10.2 Å². The lowest BCUT2D eigenvalue weighted by Gasteiger charge is -2.03. The Balaban J connectivity index is 2.45. The van der Waals surface area contributed by atoms with E-state index in [2.05, 4.69) is 15.5 Å². The number of rotatable bonds is 2. The van der Waals surface area contributed by atoms with Crippen molar-refractivity contribution in [3.05, 3.63) is 41.7 Å². The molecule has 0 unspecified atom stereocenters. The van der Waals surface area contributed by atoms with Crippen LogP contribution in [0.5, 0.6) is 0 Å². The molecule has 3 nitrogen and oxygen atoms in total. The zero-order valence-corrected chi connectivity index (χ0v) is 8.84. The van der Waals surface area contributed by atoms with E-state index in [-0.39, 0.29) is 11.3 Å². The van der Waals surface area contributed by atoms with E-state index in [0.717, 1.165) is 12.1 Å². The summed E-state index contributed by atoms with van der Waals surface area (Å²) in [6.45, 7) is 0. The largest absolute Gasteiger partial charge is 0.372 e. The highest BCUT2D eigenvalue weighted by molar-refractivity contribution is 5.59. The van der Waals surface area contributed by atoms with Gasteiger partial charge in [0.05, 0.1) is 5.69 Å². The van der Waals surface area contributed by atoms with Crippen molar-refractivity contribution < 1.29 is 13.2 Å². The zero-order valence-electron chi connectivity index (χ0n) is 8.84.